The molecule has 0 aliphatic carbocycles. The number of hydrazine groups is 1. The fourth-order valence-electron chi connectivity index (χ4n) is 1.46. The molecule has 0 saturated heterocycles. The van der Waals surface area contributed by atoms with Crippen molar-refractivity contribution >= 4 is 5.95 Å². The summed E-state index contributed by atoms with van der Waals surface area (Å²) in [6, 6.07) is 9.46. The van der Waals surface area contributed by atoms with E-state index >= 15 is 0 Å². The average Bonchev–Trinajstić information content (AvgIpc) is 2.42. The Morgan fingerprint density at radius 1 is 1.33 bits per heavy atom. The summed E-state index contributed by atoms with van der Waals surface area (Å²) in [5.74, 6) is 4.50. The summed E-state index contributed by atoms with van der Waals surface area (Å²) < 4.78 is 18.9. The smallest absolute Gasteiger partial charge is 0.256 e. The van der Waals surface area contributed by atoms with Gasteiger partial charge in [-0.3, -0.25) is 5.43 Å². The minimum absolute atomic E-state index is 0.103. The number of hydrogen-bond donors (Lipinski definition) is 2. The Hall–Kier alpha value is -2.21. The number of anilines is 1. The van der Waals surface area contributed by atoms with Crippen LogP contribution in [-0.2, 0) is 0 Å². The highest BCUT2D eigenvalue weighted by Gasteiger charge is 2.13. The van der Waals surface area contributed by atoms with Crippen molar-refractivity contribution in [3.8, 4) is 5.88 Å². The van der Waals surface area contributed by atoms with E-state index in [-0.39, 0.29) is 17.9 Å². The first-order valence-electron chi connectivity index (χ1n) is 5.41. The van der Waals surface area contributed by atoms with E-state index in [1.54, 1.807) is 0 Å². The number of aromatic nitrogens is 2. The molecule has 0 fully saturated rings. The van der Waals surface area contributed by atoms with Gasteiger partial charge in [0.05, 0.1) is 6.20 Å². The molecule has 5 nitrogen and oxygen atoms in total. The first kappa shape index (κ1) is 12.3. The zero-order valence-electron chi connectivity index (χ0n) is 9.80. The molecule has 0 aliphatic heterocycles. The van der Waals surface area contributed by atoms with E-state index in [0.29, 0.717) is 0 Å². The molecular weight excluding hydrogens is 235 g/mol. The lowest BCUT2D eigenvalue weighted by molar-refractivity contribution is 0.206. The second-order valence-corrected chi connectivity index (χ2v) is 3.66. The lowest BCUT2D eigenvalue weighted by Crippen LogP contribution is -2.12. The van der Waals surface area contributed by atoms with Crippen LogP contribution in [0.5, 0.6) is 5.88 Å². The Bertz CT molecular complexity index is 521. The van der Waals surface area contributed by atoms with E-state index in [2.05, 4.69) is 15.4 Å². The van der Waals surface area contributed by atoms with Gasteiger partial charge >= 0.3 is 0 Å². The summed E-state index contributed by atoms with van der Waals surface area (Å²) in [5, 5.41) is 0. The zero-order valence-corrected chi connectivity index (χ0v) is 9.80. The highest BCUT2D eigenvalue weighted by Crippen LogP contribution is 2.22. The molecule has 2 rings (SSSR count). The van der Waals surface area contributed by atoms with Crippen LogP contribution in [0.15, 0.2) is 36.5 Å². The lowest BCUT2D eigenvalue weighted by Gasteiger charge is -2.14. The monoisotopic (exact) mass is 248 g/mol. The van der Waals surface area contributed by atoms with Gasteiger partial charge in [0.2, 0.25) is 11.8 Å². The van der Waals surface area contributed by atoms with Crippen LogP contribution in [0.25, 0.3) is 0 Å². The molecule has 18 heavy (non-hydrogen) atoms. The van der Waals surface area contributed by atoms with E-state index in [1.807, 2.05) is 37.3 Å². The molecule has 1 unspecified atom stereocenters. The first-order chi connectivity index (χ1) is 8.70. The minimum atomic E-state index is -0.628. The molecule has 3 N–H and O–H groups in total. The molecule has 1 atom stereocenters. The van der Waals surface area contributed by atoms with Crippen LogP contribution in [0.1, 0.15) is 18.6 Å². The number of nitrogens with one attached hydrogen (secondary N) is 1. The van der Waals surface area contributed by atoms with Gasteiger partial charge in [0.25, 0.3) is 5.88 Å². The third kappa shape index (κ3) is 2.72. The van der Waals surface area contributed by atoms with Crippen molar-refractivity contribution in [1.29, 1.82) is 0 Å². The van der Waals surface area contributed by atoms with Crippen LogP contribution < -0.4 is 16.0 Å². The Morgan fingerprint density at radius 2 is 2.06 bits per heavy atom. The number of benzene rings is 1. The summed E-state index contributed by atoms with van der Waals surface area (Å²) in [4.78, 5) is 7.45. The number of rotatable bonds is 4. The average molecular weight is 248 g/mol. The Balaban J connectivity index is 2.18. The summed E-state index contributed by atoms with van der Waals surface area (Å²) in [6.07, 6.45) is 0.691. The highest BCUT2D eigenvalue weighted by molar-refractivity contribution is 5.27. The predicted molar refractivity (Wildman–Crippen MR) is 65.3 cm³/mol. The SMILES string of the molecule is CC(Oc1nc(NN)ncc1F)c1ccccc1. The van der Waals surface area contributed by atoms with Gasteiger partial charge in [-0.05, 0) is 12.5 Å². The first-order valence-corrected chi connectivity index (χ1v) is 5.41. The molecule has 0 spiro atoms. The van der Waals surface area contributed by atoms with Crippen molar-refractivity contribution in [3.63, 3.8) is 0 Å². The maximum atomic E-state index is 13.5. The van der Waals surface area contributed by atoms with Crippen LogP contribution in [0.2, 0.25) is 0 Å². The summed E-state index contributed by atoms with van der Waals surface area (Å²) in [5.41, 5.74) is 3.17. The van der Waals surface area contributed by atoms with Crippen molar-refractivity contribution in [3.05, 3.63) is 47.9 Å². The normalized spacial score (nSPS) is 11.9. The molecule has 0 amide bonds. The van der Waals surface area contributed by atoms with Gasteiger partial charge in [-0.1, -0.05) is 30.3 Å². The fourth-order valence-corrected chi connectivity index (χ4v) is 1.46. The molecule has 0 radical (unpaired) electrons. The van der Waals surface area contributed by atoms with Gasteiger partial charge in [0.15, 0.2) is 0 Å². The van der Waals surface area contributed by atoms with Crippen molar-refractivity contribution < 1.29 is 9.13 Å². The van der Waals surface area contributed by atoms with Gasteiger partial charge in [-0.2, -0.15) is 9.37 Å². The maximum Gasteiger partial charge on any atom is 0.256 e. The van der Waals surface area contributed by atoms with Gasteiger partial charge in [-0.25, -0.2) is 10.8 Å². The van der Waals surface area contributed by atoms with E-state index in [9.17, 15) is 4.39 Å². The number of hydrogen-bond acceptors (Lipinski definition) is 5. The van der Waals surface area contributed by atoms with Crippen molar-refractivity contribution in [1.82, 2.24) is 9.97 Å². The molecule has 1 aromatic heterocycles. The van der Waals surface area contributed by atoms with Crippen LogP contribution in [-0.4, -0.2) is 9.97 Å². The zero-order chi connectivity index (χ0) is 13.0. The van der Waals surface area contributed by atoms with E-state index in [0.717, 1.165) is 11.8 Å². The van der Waals surface area contributed by atoms with Crippen LogP contribution >= 0.6 is 0 Å². The van der Waals surface area contributed by atoms with Crippen LogP contribution in [0, 0.1) is 5.82 Å². The number of halogens is 1. The summed E-state index contributed by atoms with van der Waals surface area (Å²) in [6.45, 7) is 1.81. The molecule has 0 aliphatic rings. The third-order valence-electron chi connectivity index (χ3n) is 2.40. The molecule has 94 valence electrons. The molecule has 0 bridgehead atoms. The molecule has 0 saturated carbocycles. The lowest BCUT2D eigenvalue weighted by atomic mass is 10.1. The second kappa shape index (κ2) is 5.42. The Morgan fingerprint density at radius 3 is 2.72 bits per heavy atom. The summed E-state index contributed by atoms with van der Waals surface area (Å²) in [7, 11) is 0. The largest absolute Gasteiger partial charge is 0.468 e. The van der Waals surface area contributed by atoms with Crippen molar-refractivity contribution in [2.75, 3.05) is 5.43 Å². The van der Waals surface area contributed by atoms with E-state index in [4.69, 9.17) is 10.6 Å². The maximum absolute atomic E-state index is 13.5. The number of nitrogens with zero attached hydrogens (tertiary/aromatic N) is 2. The molecule has 2 aromatic rings. The highest BCUT2D eigenvalue weighted by atomic mass is 19.1. The van der Waals surface area contributed by atoms with Gasteiger partial charge in [0.1, 0.15) is 6.10 Å². The molecular formula is C12H13FN4O. The van der Waals surface area contributed by atoms with E-state index < -0.39 is 5.82 Å². The third-order valence-corrected chi connectivity index (χ3v) is 2.40. The van der Waals surface area contributed by atoms with Crippen molar-refractivity contribution in [2.24, 2.45) is 5.84 Å². The second-order valence-electron chi connectivity index (χ2n) is 3.66. The molecule has 1 aromatic carbocycles. The number of nitrogens with two attached hydrogens (primary N) is 1. The van der Waals surface area contributed by atoms with Gasteiger partial charge in [0, 0.05) is 0 Å². The number of nitrogen functional groups attached to an aromatic ring is 1. The number of ether oxygens (including phenoxy) is 1. The Kier molecular flexibility index (Phi) is 3.69. The van der Waals surface area contributed by atoms with Crippen LogP contribution in [0.4, 0.5) is 10.3 Å². The van der Waals surface area contributed by atoms with Crippen LogP contribution in [0.3, 0.4) is 0 Å². The molecule has 1 heterocycles. The molecule has 6 heteroatoms. The van der Waals surface area contributed by atoms with Crippen molar-refractivity contribution in [2.45, 2.75) is 13.0 Å². The topological polar surface area (TPSA) is 73.1 Å². The van der Waals surface area contributed by atoms with E-state index in [1.165, 1.54) is 0 Å². The minimum Gasteiger partial charge on any atom is -0.468 e. The summed E-state index contributed by atoms with van der Waals surface area (Å²) >= 11 is 0. The Labute approximate surface area is 104 Å². The quantitative estimate of drug-likeness (QED) is 0.640. The standard InChI is InChI=1S/C12H13FN4O/c1-8(9-5-3-2-4-6-9)18-11-10(13)7-15-12(16-11)17-14/h2-8H,14H2,1H3,(H,15,16,17). The predicted octanol–water partition coefficient (Wildman–Crippen LogP) is 2.04. The van der Waals surface area contributed by atoms with Gasteiger partial charge < -0.3 is 4.74 Å². The van der Waals surface area contributed by atoms with Gasteiger partial charge in [-0.15, -0.1) is 0 Å². The fraction of sp³-hybridized carbons (Fsp3) is 0.167.